The van der Waals surface area contributed by atoms with Crippen LogP contribution in [0.25, 0.3) is 0 Å². The van der Waals surface area contributed by atoms with Crippen molar-refractivity contribution < 1.29 is 9.53 Å². The van der Waals surface area contributed by atoms with Crippen LogP contribution < -0.4 is 10.1 Å². The average Bonchev–Trinajstić information content (AvgIpc) is 2.76. The largest absolute Gasteiger partial charge is 0.495 e. The Balaban J connectivity index is 2.35. The second-order valence-corrected chi connectivity index (χ2v) is 7.47. The van der Waals surface area contributed by atoms with Crippen molar-refractivity contribution in [2.24, 2.45) is 0 Å². The number of hydrogen-bond acceptors (Lipinski definition) is 4. The van der Waals surface area contributed by atoms with Crippen molar-refractivity contribution in [3.05, 3.63) is 39.3 Å². The number of hydrogen-bond donors (Lipinski definition) is 1. The molecule has 22 heavy (non-hydrogen) atoms. The molecule has 0 fully saturated rings. The predicted octanol–water partition coefficient (Wildman–Crippen LogP) is 4.32. The van der Waals surface area contributed by atoms with Gasteiger partial charge in [0.2, 0.25) is 0 Å². The van der Waals surface area contributed by atoms with Crippen molar-refractivity contribution in [2.75, 3.05) is 12.4 Å². The number of aryl methyl sites for hydroxylation is 2. The summed E-state index contributed by atoms with van der Waals surface area (Å²) in [6, 6.07) is 5.89. The van der Waals surface area contributed by atoms with Gasteiger partial charge in [-0.2, -0.15) is 0 Å². The highest BCUT2D eigenvalue weighted by molar-refractivity contribution is 7.13. The molecule has 1 aromatic carbocycles. The smallest absolute Gasteiger partial charge is 0.267 e. The van der Waals surface area contributed by atoms with Gasteiger partial charge in [-0.1, -0.05) is 26.8 Å². The third kappa shape index (κ3) is 3.47. The molecule has 0 spiro atoms. The van der Waals surface area contributed by atoms with Gasteiger partial charge >= 0.3 is 0 Å². The fraction of sp³-hybridized carbons (Fsp3) is 0.412. The van der Waals surface area contributed by atoms with Gasteiger partial charge in [-0.25, -0.2) is 4.98 Å². The minimum atomic E-state index is -0.146. The monoisotopic (exact) mass is 318 g/mol. The Kier molecular flexibility index (Phi) is 4.56. The Labute approximate surface area is 135 Å². The molecule has 0 aliphatic heterocycles. The van der Waals surface area contributed by atoms with E-state index in [1.165, 1.54) is 11.3 Å². The molecule has 5 heteroatoms. The lowest BCUT2D eigenvalue weighted by Crippen LogP contribution is -2.15. The van der Waals surface area contributed by atoms with E-state index in [-0.39, 0.29) is 11.3 Å². The van der Waals surface area contributed by atoms with Crippen LogP contribution in [-0.4, -0.2) is 18.0 Å². The first-order valence-electron chi connectivity index (χ1n) is 7.16. The summed E-state index contributed by atoms with van der Waals surface area (Å²) >= 11 is 1.40. The van der Waals surface area contributed by atoms with Gasteiger partial charge in [0.15, 0.2) is 0 Å². The molecule has 118 valence electrons. The molecular formula is C17H22N2O2S. The maximum absolute atomic E-state index is 12.5. The van der Waals surface area contributed by atoms with Gasteiger partial charge in [-0.15, -0.1) is 11.3 Å². The number of carbonyl (C=O) groups excluding carboxylic acids is 1. The quantitative estimate of drug-likeness (QED) is 0.917. The van der Waals surface area contributed by atoms with E-state index in [0.29, 0.717) is 16.3 Å². The molecule has 0 radical (unpaired) electrons. The van der Waals surface area contributed by atoms with E-state index >= 15 is 0 Å². The summed E-state index contributed by atoms with van der Waals surface area (Å²) in [4.78, 5) is 17.4. The lowest BCUT2D eigenvalue weighted by molar-refractivity contribution is 0.102. The number of ether oxygens (including phenoxy) is 1. The van der Waals surface area contributed by atoms with Crippen LogP contribution in [0.5, 0.6) is 5.75 Å². The molecule has 0 unspecified atom stereocenters. The summed E-state index contributed by atoms with van der Waals surface area (Å²) in [5, 5.41) is 3.84. The van der Waals surface area contributed by atoms with Crippen LogP contribution >= 0.6 is 11.3 Å². The summed E-state index contributed by atoms with van der Waals surface area (Å²) in [5.41, 5.74) is 2.58. The van der Waals surface area contributed by atoms with E-state index < -0.39 is 0 Å². The Bertz CT molecular complexity index is 699. The highest BCUT2D eigenvalue weighted by Crippen LogP contribution is 2.32. The van der Waals surface area contributed by atoms with Crippen LogP contribution in [0.1, 0.15) is 46.7 Å². The molecule has 2 aromatic rings. The topological polar surface area (TPSA) is 51.2 Å². The normalized spacial score (nSPS) is 11.4. The lowest BCUT2D eigenvalue weighted by Gasteiger charge is -2.21. The highest BCUT2D eigenvalue weighted by atomic mass is 32.1. The predicted molar refractivity (Wildman–Crippen MR) is 91.2 cm³/mol. The standard InChI is InChI=1S/C17H22N2O2S/c1-10-15(22-11(2)18-10)16(20)19-13-9-12(17(3,4)5)7-8-14(13)21-6/h7-9H,1-6H3,(H,19,20). The second-order valence-electron chi connectivity index (χ2n) is 6.27. The number of benzene rings is 1. The van der Waals surface area contributed by atoms with Gasteiger partial charge in [-0.3, -0.25) is 4.79 Å². The third-order valence-corrected chi connectivity index (χ3v) is 4.50. The molecule has 1 amide bonds. The number of carbonyl (C=O) groups is 1. The van der Waals surface area contributed by atoms with Crippen LogP contribution in [0.15, 0.2) is 18.2 Å². The molecule has 0 aliphatic carbocycles. The fourth-order valence-electron chi connectivity index (χ4n) is 2.19. The van der Waals surface area contributed by atoms with Crippen molar-refractivity contribution in [3.8, 4) is 5.75 Å². The number of aromatic nitrogens is 1. The maximum Gasteiger partial charge on any atom is 0.267 e. The summed E-state index contributed by atoms with van der Waals surface area (Å²) in [7, 11) is 1.60. The van der Waals surface area contributed by atoms with E-state index in [1.54, 1.807) is 7.11 Å². The molecule has 2 rings (SSSR count). The van der Waals surface area contributed by atoms with Crippen LogP contribution in [-0.2, 0) is 5.41 Å². The minimum Gasteiger partial charge on any atom is -0.495 e. The van der Waals surface area contributed by atoms with Gasteiger partial charge in [0.05, 0.1) is 23.5 Å². The number of nitrogens with one attached hydrogen (secondary N) is 1. The second kappa shape index (κ2) is 6.08. The van der Waals surface area contributed by atoms with Crippen molar-refractivity contribution in [1.29, 1.82) is 0 Å². The Morgan fingerprint density at radius 3 is 2.45 bits per heavy atom. The number of rotatable bonds is 3. The zero-order valence-corrected chi connectivity index (χ0v) is 14.7. The fourth-order valence-corrected chi connectivity index (χ4v) is 3.01. The van der Waals surface area contributed by atoms with Gasteiger partial charge < -0.3 is 10.1 Å². The van der Waals surface area contributed by atoms with Gasteiger partial charge in [0, 0.05) is 0 Å². The molecule has 0 atom stereocenters. The minimum absolute atomic E-state index is 0.00272. The molecule has 1 heterocycles. The number of thiazole rings is 1. The first kappa shape index (κ1) is 16.5. The van der Waals surface area contributed by atoms with Crippen LogP contribution in [0.2, 0.25) is 0 Å². The molecule has 1 aromatic heterocycles. The SMILES string of the molecule is COc1ccc(C(C)(C)C)cc1NC(=O)c1sc(C)nc1C. The number of methoxy groups -OCH3 is 1. The highest BCUT2D eigenvalue weighted by Gasteiger charge is 2.19. The molecule has 1 N–H and O–H groups in total. The number of anilines is 1. The Morgan fingerprint density at radius 2 is 1.95 bits per heavy atom. The lowest BCUT2D eigenvalue weighted by atomic mass is 9.87. The zero-order valence-electron chi connectivity index (χ0n) is 13.9. The van der Waals surface area contributed by atoms with Crippen molar-refractivity contribution in [1.82, 2.24) is 4.98 Å². The first-order valence-corrected chi connectivity index (χ1v) is 7.98. The Hall–Kier alpha value is -1.88. The van der Waals surface area contributed by atoms with Gasteiger partial charge in [0.1, 0.15) is 10.6 Å². The Morgan fingerprint density at radius 1 is 1.27 bits per heavy atom. The van der Waals surface area contributed by atoms with Crippen LogP contribution in [0, 0.1) is 13.8 Å². The number of nitrogens with zero attached hydrogens (tertiary/aromatic N) is 1. The van der Waals surface area contributed by atoms with Crippen molar-refractivity contribution in [3.63, 3.8) is 0 Å². The molecule has 0 saturated carbocycles. The van der Waals surface area contributed by atoms with E-state index in [1.807, 2.05) is 32.0 Å². The maximum atomic E-state index is 12.5. The zero-order chi connectivity index (χ0) is 16.5. The van der Waals surface area contributed by atoms with Crippen molar-refractivity contribution >= 4 is 22.9 Å². The molecule has 4 nitrogen and oxygen atoms in total. The van der Waals surface area contributed by atoms with Crippen molar-refractivity contribution in [2.45, 2.75) is 40.0 Å². The number of amides is 1. The molecule has 0 aliphatic rings. The molecule has 0 bridgehead atoms. The van der Waals surface area contributed by atoms with E-state index in [9.17, 15) is 4.79 Å². The van der Waals surface area contributed by atoms with E-state index in [4.69, 9.17) is 4.74 Å². The van der Waals surface area contributed by atoms with Gasteiger partial charge in [-0.05, 0) is 37.0 Å². The van der Waals surface area contributed by atoms with Gasteiger partial charge in [0.25, 0.3) is 5.91 Å². The van der Waals surface area contributed by atoms with Crippen LogP contribution in [0.3, 0.4) is 0 Å². The summed E-state index contributed by atoms with van der Waals surface area (Å²) in [6.07, 6.45) is 0. The third-order valence-electron chi connectivity index (χ3n) is 3.42. The average molecular weight is 318 g/mol. The molecule has 0 saturated heterocycles. The summed E-state index contributed by atoms with van der Waals surface area (Å²) in [6.45, 7) is 10.2. The van der Waals surface area contributed by atoms with E-state index in [2.05, 4.69) is 31.1 Å². The first-order chi connectivity index (χ1) is 10.2. The summed E-state index contributed by atoms with van der Waals surface area (Å²) < 4.78 is 5.36. The molecular weight excluding hydrogens is 296 g/mol. The van der Waals surface area contributed by atoms with E-state index in [0.717, 1.165) is 16.3 Å². The van der Waals surface area contributed by atoms with Crippen LogP contribution in [0.4, 0.5) is 5.69 Å². The summed E-state index contributed by atoms with van der Waals surface area (Å²) in [5.74, 6) is 0.507.